The lowest BCUT2D eigenvalue weighted by Gasteiger charge is -1.95. The van der Waals surface area contributed by atoms with Crippen molar-refractivity contribution in [3.05, 3.63) is 11.8 Å². The molecule has 0 atom stereocenters. The Balaban J connectivity index is 4.22. The van der Waals surface area contributed by atoms with Crippen molar-refractivity contribution >= 4 is 12.1 Å². The molecule has 0 rings (SSSR count). The Morgan fingerprint density at radius 2 is 2.09 bits per heavy atom. The number of primary amides is 1. The van der Waals surface area contributed by atoms with Gasteiger partial charge in [-0.3, -0.25) is 9.79 Å². The second-order valence-corrected chi connectivity index (χ2v) is 2.36. The molecule has 0 unspecified atom stereocenters. The Hall–Kier alpha value is -1.32. The molecule has 0 aromatic heterocycles. The van der Waals surface area contributed by atoms with E-state index in [0.29, 0.717) is 0 Å². The van der Waals surface area contributed by atoms with E-state index in [1.54, 1.807) is 0 Å². The standard InChI is InChI=1S/C7H13N3O/c1-5(2)10-4-6(3-8)7(9)11/h3-5H,8H2,1-2H3,(H2,9,11)/b6-3+,10-4?. The maximum atomic E-state index is 10.5. The molecular weight excluding hydrogens is 142 g/mol. The normalized spacial score (nSPS) is 12.8. The molecule has 1 amide bonds. The third-order valence-corrected chi connectivity index (χ3v) is 0.976. The highest BCUT2D eigenvalue weighted by Gasteiger charge is 1.98. The van der Waals surface area contributed by atoms with E-state index in [2.05, 4.69) is 4.99 Å². The summed E-state index contributed by atoms with van der Waals surface area (Å²) in [7, 11) is 0. The SMILES string of the molecule is CC(C)N=C/C(=C\N)C(N)=O. The van der Waals surface area contributed by atoms with Crippen LogP contribution in [0.15, 0.2) is 16.8 Å². The zero-order valence-corrected chi connectivity index (χ0v) is 6.74. The van der Waals surface area contributed by atoms with Crippen LogP contribution in [0.3, 0.4) is 0 Å². The number of carbonyl (C=O) groups excluding carboxylic acids is 1. The summed E-state index contributed by atoms with van der Waals surface area (Å²) in [6.45, 7) is 3.79. The fourth-order valence-corrected chi connectivity index (χ4v) is 0.418. The molecule has 0 saturated heterocycles. The first-order valence-corrected chi connectivity index (χ1v) is 3.32. The van der Waals surface area contributed by atoms with Crippen molar-refractivity contribution in [3.8, 4) is 0 Å². The number of hydrogen-bond acceptors (Lipinski definition) is 3. The molecule has 0 aliphatic heterocycles. The van der Waals surface area contributed by atoms with Crippen LogP contribution in [0, 0.1) is 0 Å². The summed E-state index contributed by atoms with van der Waals surface area (Å²) >= 11 is 0. The van der Waals surface area contributed by atoms with Gasteiger partial charge in [-0.1, -0.05) is 0 Å². The molecule has 4 N–H and O–H groups in total. The van der Waals surface area contributed by atoms with Crippen molar-refractivity contribution in [2.45, 2.75) is 19.9 Å². The summed E-state index contributed by atoms with van der Waals surface area (Å²) < 4.78 is 0. The van der Waals surface area contributed by atoms with Crippen LogP contribution in [-0.2, 0) is 4.79 Å². The van der Waals surface area contributed by atoms with Crippen molar-refractivity contribution in [2.24, 2.45) is 16.5 Å². The minimum Gasteiger partial charge on any atom is -0.404 e. The lowest BCUT2D eigenvalue weighted by molar-refractivity contribution is -0.114. The smallest absolute Gasteiger partial charge is 0.251 e. The predicted molar refractivity (Wildman–Crippen MR) is 45.1 cm³/mol. The van der Waals surface area contributed by atoms with E-state index in [4.69, 9.17) is 11.5 Å². The lowest BCUT2D eigenvalue weighted by Crippen LogP contribution is -2.16. The summed E-state index contributed by atoms with van der Waals surface area (Å²) in [4.78, 5) is 14.5. The molecule has 0 heterocycles. The van der Waals surface area contributed by atoms with Crippen LogP contribution >= 0.6 is 0 Å². The highest BCUT2D eigenvalue weighted by atomic mass is 16.1. The van der Waals surface area contributed by atoms with E-state index >= 15 is 0 Å². The molecule has 0 spiro atoms. The first kappa shape index (κ1) is 9.68. The first-order valence-electron chi connectivity index (χ1n) is 3.32. The molecule has 0 radical (unpaired) electrons. The monoisotopic (exact) mass is 155 g/mol. The van der Waals surface area contributed by atoms with Crippen LogP contribution in [0.25, 0.3) is 0 Å². The van der Waals surface area contributed by atoms with E-state index in [1.807, 2.05) is 13.8 Å². The second kappa shape index (κ2) is 4.49. The maximum Gasteiger partial charge on any atom is 0.251 e. The van der Waals surface area contributed by atoms with Gasteiger partial charge in [0.05, 0.1) is 5.57 Å². The number of rotatable bonds is 3. The van der Waals surface area contributed by atoms with Crippen molar-refractivity contribution in [1.29, 1.82) is 0 Å². The van der Waals surface area contributed by atoms with Gasteiger partial charge in [-0.25, -0.2) is 0 Å². The van der Waals surface area contributed by atoms with Gasteiger partial charge in [-0.2, -0.15) is 0 Å². The van der Waals surface area contributed by atoms with Gasteiger partial charge in [0, 0.05) is 18.5 Å². The predicted octanol–water partition coefficient (Wildman–Crippen LogP) is -0.207. The van der Waals surface area contributed by atoms with E-state index in [1.165, 1.54) is 6.21 Å². The molecule has 62 valence electrons. The van der Waals surface area contributed by atoms with Gasteiger partial charge in [-0.05, 0) is 13.8 Å². The number of carbonyl (C=O) groups is 1. The molecule has 11 heavy (non-hydrogen) atoms. The molecule has 0 aromatic carbocycles. The van der Waals surface area contributed by atoms with Gasteiger partial charge in [0.15, 0.2) is 0 Å². The van der Waals surface area contributed by atoms with Gasteiger partial charge in [0.1, 0.15) is 0 Å². The number of aliphatic imine (C=N–C) groups is 1. The van der Waals surface area contributed by atoms with Gasteiger partial charge >= 0.3 is 0 Å². The highest BCUT2D eigenvalue weighted by molar-refractivity contribution is 6.11. The average molecular weight is 155 g/mol. The zero-order valence-electron chi connectivity index (χ0n) is 6.74. The first-order chi connectivity index (χ1) is 5.07. The van der Waals surface area contributed by atoms with Crippen molar-refractivity contribution in [2.75, 3.05) is 0 Å². The molecule has 0 aliphatic rings. The quantitative estimate of drug-likeness (QED) is 0.437. The van der Waals surface area contributed by atoms with Crippen molar-refractivity contribution in [3.63, 3.8) is 0 Å². The van der Waals surface area contributed by atoms with E-state index < -0.39 is 5.91 Å². The van der Waals surface area contributed by atoms with Gasteiger partial charge < -0.3 is 11.5 Å². The molecule has 0 fully saturated rings. The fraction of sp³-hybridized carbons (Fsp3) is 0.429. The van der Waals surface area contributed by atoms with Gasteiger partial charge in [0.25, 0.3) is 5.91 Å². The van der Waals surface area contributed by atoms with Crippen LogP contribution in [0.1, 0.15) is 13.8 Å². The molecule has 0 bridgehead atoms. The van der Waals surface area contributed by atoms with Crippen LogP contribution in [-0.4, -0.2) is 18.2 Å². The summed E-state index contributed by atoms with van der Waals surface area (Å²) in [5, 5.41) is 0. The molecule has 0 aromatic rings. The third kappa shape index (κ3) is 4.13. The maximum absolute atomic E-state index is 10.5. The second-order valence-electron chi connectivity index (χ2n) is 2.36. The van der Waals surface area contributed by atoms with E-state index in [9.17, 15) is 4.79 Å². The van der Waals surface area contributed by atoms with Crippen LogP contribution in [0.5, 0.6) is 0 Å². The van der Waals surface area contributed by atoms with E-state index in [-0.39, 0.29) is 11.6 Å². The summed E-state index contributed by atoms with van der Waals surface area (Å²) in [6.07, 6.45) is 2.53. The number of nitrogens with zero attached hydrogens (tertiary/aromatic N) is 1. The van der Waals surface area contributed by atoms with Gasteiger partial charge in [-0.15, -0.1) is 0 Å². The van der Waals surface area contributed by atoms with E-state index in [0.717, 1.165) is 6.20 Å². The Kier molecular flexibility index (Phi) is 3.95. The molecule has 4 heteroatoms. The lowest BCUT2D eigenvalue weighted by atomic mass is 10.3. The topological polar surface area (TPSA) is 81.5 Å². The van der Waals surface area contributed by atoms with Crippen LogP contribution < -0.4 is 11.5 Å². The number of nitrogens with two attached hydrogens (primary N) is 2. The molecule has 4 nitrogen and oxygen atoms in total. The zero-order chi connectivity index (χ0) is 8.85. The summed E-state index contributed by atoms with van der Waals surface area (Å²) in [5.74, 6) is -0.558. The Labute approximate surface area is 66.0 Å². The van der Waals surface area contributed by atoms with Crippen molar-refractivity contribution < 1.29 is 4.79 Å². The number of hydrogen-bond donors (Lipinski definition) is 2. The minimum atomic E-state index is -0.558. The Bertz CT molecular complexity index is 194. The Morgan fingerprint density at radius 1 is 1.55 bits per heavy atom. The van der Waals surface area contributed by atoms with Crippen molar-refractivity contribution in [1.82, 2.24) is 0 Å². The largest absolute Gasteiger partial charge is 0.404 e. The van der Waals surface area contributed by atoms with Crippen LogP contribution in [0.4, 0.5) is 0 Å². The fourth-order valence-electron chi connectivity index (χ4n) is 0.418. The molecule has 0 aliphatic carbocycles. The van der Waals surface area contributed by atoms with Gasteiger partial charge in [0.2, 0.25) is 0 Å². The summed E-state index contributed by atoms with van der Waals surface area (Å²) in [5.41, 5.74) is 10.3. The Morgan fingerprint density at radius 3 is 2.36 bits per heavy atom. The molecular formula is C7H13N3O. The average Bonchev–Trinajstić information content (AvgIpc) is 1.87. The highest BCUT2D eigenvalue weighted by Crippen LogP contribution is 1.89. The molecule has 0 saturated carbocycles. The minimum absolute atomic E-state index is 0.143. The number of amides is 1. The third-order valence-electron chi connectivity index (χ3n) is 0.976. The summed E-state index contributed by atoms with van der Waals surface area (Å²) in [6, 6.07) is 0.143. The van der Waals surface area contributed by atoms with Crippen LogP contribution in [0.2, 0.25) is 0 Å².